The molecule has 0 aliphatic carbocycles. The number of halogens is 1. The molecule has 0 aliphatic rings. The molecule has 94 valence electrons. The predicted octanol–water partition coefficient (Wildman–Crippen LogP) is 3.34. The summed E-state index contributed by atoms with van der Waals surface area (Å²) in [5.74, 6) is 5.68. The van der Waals surface area contributed by atoms with Crippen LogP contribution in [0.2, 0.25) is 0 Å². The summed E-state index contributed by atoms with van der Waals surface area (Å²) in [4.78, 5) is 10.5. The molecule has 0 saturated heterocycles. The van der Waals surface area contributed by atoms with E-state index in [9.17, 15) is 10.1 Å². The fourth-order valence-electron chi connectivity index (χ4n) is 1.47. The zero-order chi connectivity index (χ0) is 13.8. The van der Waals surface area contributed by atoms with Gasteiger partial charge in [-0.2, -0.15) is 0 Å². The van der Waals surface area contributed by atoms with Crippen molar-refractivity contribution in [1.29, 1.82) is 0 Å². The Balaban J connectivity index is 2.39. The largest absolute Gasteiger partial charge is 0.399 e. The minimum Gasteiger partial charge on any atom is -0.399 e. The molecule has 19 heavy (non-hydrogen) atoms. The maximum atomic E-state index is 10.9. The number of hydrogen-bond acceptors (Lipinski definition) is 3. The highest BCUT2D eigenvalue weighted by Gasteiger charge is 2.11. The van der Waals surface area contributed by atoms with Gasteiger partial charge in [0.25, 0.3) is 5.69 Å². The van der Waals surface area contributed by atoms with Crippen molar-refractivity contribution in [1.82, 2.24) is 0 Å². The van der Waals surface area contributed by atoms with Crippen molar-refractivity contribution >= 4 is 27.3 Å². The summed E-state index contributed by atoms with van der Waals surface area (Å²) in [6.07, 6.45) is 0. The maximum absolute atomic E-state index is 10.9. The molecular formula is C14H9BrN2O2. The molecule has 0 heterocycles. The fourth-order valence-corrected chi connectivity index (χ4v) is 1.82. The monoisotopic (exact) mass is 316 g/mol. The molecule has 0 saturated carbocycles. The second kappa shape index (κ2) is 5.55. The minimum absolute atomic E-state index is 0.0164. The van der Waals surface area contributed by atoms with Gasteiger partial charge in [-0.05, 0) is 36.4 Å². The summed E-state index contributed by atoms with van der Waals surface area (Å²) in [7, 11) is 0. The highest BCUT2D eigenvalue weighted by atomic mass is 79.9. The fraction of sp³-hybridized carbons (Fsp3) is 0. The van der Waals surface area contributed by atoms with E-state index in [4.69, 9.17) is 5.73 Å². The smallest absolute Gasteiger partial charge is 0.286 e. The Morgan fingerprint density at radius 2 is 1.79 bits per heavy atom. The van der Waals surface area contributed by atoms with Crippen molar-refractivity contribution in [2.24, 2.45) is 0 Å². The van der Waals surface area contributed by atoms with Crippen LogP contribution >= 0.6 is 15.9 Å². The first-order valence-electron chi connectivity index (χ1n) is 5.38. The van der Waals surface area contributed by atoms with Crippen LogP contribution in [0.5, 0.6) is 0 Å². The van der Waals surface area contributed by atoms with E-state index in [1.165, 1.54) is 6.07 Å². The molecule has 0 aromatic heterocycles. The molecule has 0 bridgehead atoms. The number of hydrogen-bond donors (Lipinski definition) is 1. The van der Waals surface area contributed by atoms with Gasteiger partial charge in [0.2, 0.25) is 0 Å². The lowest BCUT2D eigenvalue weighted by atomic mass is 10.1. The van der Waals surface area contributed by atoms with Crippen molar-refractivity contribution in [3.8, 4) is 11.8 Å². The summed E-state index contributed by atoms with van der Waals surface area (Å²) in [6.45, 7) is 0. The van der Waals surface area contributed by atoms with Gasteiger partial charge in [0.15, 0.2) is 0 Å². The van der Waals surface area contributed by atoms with Crippen LogP contribution in [0.3, 0.4) is 0 Å². The zero-order valence-electron chi connectivity index (χ0n) is 9.76. The Morgan fingerprint density at radius 1 is 1.11 bits per heavy atom. The van der Waals surface area contributed by atoms with E-state index in [0.717, 1.165) is 5.56 Å². The van der Waals surface area contributed by atoms with Crippen LogP contribution in [0.15, 0.2) is 46.9 Å². The van der Waals surface area contributed by atoms with E-state index in [1.807, 2.05) is 0 Å². The summed E-state index contributed by atoms with van der Waals surface area (Å²) in [5.41, 5.74) is 7.34. The van der Waals surface area contributed by atoms with Crippen LogP contribution in [0, 0.1) is 22.0 Å². The van der Waals surface area contributed by atoms with Gasteiger partial charge in [0, 0.05) is 21.8 Å². The van der Waals surface area contributed by atoms with Gasteiger partial charge < -0.3 is 5.73 Å². The lowest BCUT2D eigenvalue weighted by molar-refractivity contribution is -0.385. The minimum atomic E-state index is -0.447. The van der Waals surface area contributed by atoms with Crippen LogP contribution < -0.4 is 5.73 Å². The molecule has 0 aliphatic heterocycles. The maximum Gasteiger partial charge on any atom is 0.286 e. The van der Waals surface area contributed by atoms with Gasteiger partial charge >= 0.3 is 0 Å². The number of nitro groups is 1. The van der Waals surface area contributed by atoms with Gasteiger partial charge in [0.05, 0.1) is 4.92 Å². The Bertz CT molecular complexity index is 685. The van der Waals surface area contributed by atoms with Gasteiger partial charge in [-0.1, -0.05) is 27.8 Å². The lowest BCUT2D eigenvalue weighted by Crippen LogP contribution is -1.92. The average molecular weight is 317 g/mol. The van der Waals surface area contributed by atoms with Gasteiger partial charge in [0.1, 0.15) is 5.56 Å². The number of anilines is 1. The first kappa shape index (κ1) is 13.1. The zero-order valence-corrected chi connectivity index (χ0v) is 11.3. The van der Waals surface area contributed by atoms with Crippen LogP contribution in [0.1, 0.15) is 11.1 Å². The number of nitrogens with two attached hydrogens (primary N) is 1. The second-order valence-corrected chi connectivity index (χ2v) is 4.71. The van der Waals surface area contributed by atoms with Crippen molar-refractivity contribution in [3.05, 3.63) is 68.2 Å². The highest BCUT2D eigenvalue weighted by molar-refractivity contribution is 9.10. The molecule has 0 spiro atoms. The molecular weight excluding hydrogens is 308 g/mol. The Morgan fingerprint density at radius 3 is 2.42 bits per heavy atom. The third kappa shape index (κ3) is 3.33. The molecule has 2 rings (SSSR count). The lowest BCUT2D eigenvalue weighted by Gasteiger charge is -1.96. The van der Waals surface area contributed by atoms with Crippen molar-refractivity contribution in [3.63, 3.8) is 0 Å². The van der Waals surface area contributed by atoms with Gasteiger partial charge in [-0.3, -0.25) is 10.1 Å². The molecule has 2 N–H and O–H groups in total. The van der Waals surface area contributed by atoms with Crippen molar-refractivity contribution < 1.29 is 4.92 Å². The van der Waals surface area contributed by atoms with E-state index >= 15 is 0 Å². The van der Waals surface area contributed by atoms with Gasteiger partial charge in [-0.15, -0.1) is 0 Å². The van der Waals surface area contributed by atoms with E-state index in [-0.39, 0.29) is 5.69 Å². The van der Waals surface area contributed by atoms with Gasteiger partial charge in [-0.25, -0.2) is 0 Å². The number of benzene rings is 2. The topological polar surface area (TPSA) is 69.2 Å². The van der Waals surface area contributed by atoms with Crippen LogP contribution in [0.25, 0.3) is 0 Å². The molecule has 0 unspecified atom stereocenters. The third-order valence-electron chi connectivity index (χ3n) is 2.41. The Hall–Kier alpha value is -2.32. The highest BCUT2D eigenvalue weighted by Crippen LogP contribution is 2.22. The molecule has 5 heteroatoms. The summed E-state index contributed by atoms with van der Waals surface area (Å²) in [6, 6.07) is 11.8. The van der Waals surface area contributed by atoms with Crippen molar-refractivity contribution in [2.75, 3.05) is 5.73 Å². The van der Waals surface area contributed by atoms with E-state index in [1.54, 1.807) is 36.4 Å². The third-order valence-corrected chi connectivity index (χ3v) is 2.90. The van der Waals surface area contributed by atoms with E-state index in [2.05, 4.69) is 27.8 Å². The Labute approximate surface area is 118 Å². The average Bonchev–Trinajstić information content (AvgIpc) is 2.39. The molecule has 0 radical (unpaired) electrons. The quantitative estimate of drug-likeness (QED) is 0.379. The van der Waals surface area contributed by atoms with Crippen LogP contribution in [-0.4, -0.2) is 4.92 Å². The molecule has 0 atom stereocenters. The summed E-state index contributed by atoms with van der Waals surface area (Å²) in [5, 5.41) is 10.9. The molecule has 4 nitrogen and oxygen atoms in total. The molecule has 2 aromatic rings. The standard InChI is InChI=1S/C14H9BrN2O2/c15-12-6-5-11(14(9-12)17(18)19)4-1-10-2-7-13(16)8-3-10/h2-3,5-9H,16H2. The first-order chi connectivity index (χ1) is 9.06. The summed E-state index contributed by atoms with van der Waals surface area (Å²) >= 11 is 3.20. The number of rotatable bonds is 1. The van der Waals surface area contributed by atoms with E-state index < -0.39 is 4.92 Å². The normalized spacial score (nSPS) is 9.53. The van der Waals surface area contributed by atoms with E-state index in [0.29, 0.717) is 15.7 Å². The van der Waals surface area contributed by atoms with Crippen LogP contribution in [0.4, 0.5) is 11.4 Å². The first-order valence-corrected chi connectivity index (χ1v) is 6.17. The number of nitrogens with zero attached hydrogens (tertiary/aromatic N) is 1. The van der Waals surface area contributed by atoms with Crippen LogP contribution in [-0.2, 0) is 0 Å². The Kier molecular flexibility index (Phi) is 3.83. The SMILES string of the molecule is Nc1ccc(C#Cc2ccc(Br)cc2[N+](=O)[O-])cc1. The second-order valence-electron chi connectivity index (χ2n) is 3.79. The molecule has 2 aromatic carbocycles. The molecule has 0 fully saturated rings. The summed E-state index contributed by atoms with van der Waals surface area (Å²) < 4.78 is 0.650. The van der Waals surface area contributed by atoms with Crippen molar-refractivity contribution in [2.45, 2.75) is 0 Å². The number of nitrogen functional groups attached to an aromatic ring is 1. The number of nitro benzene ring substituents is 1. The molecule has 0 amide bonds. The predicted molar refractivity (Wildman–Crippen MR) is 77.6 cm³/mol.